The molecular weight excluding hydrogens is 239 g/mol. The molecule has 0 aliphatic rings. The summed E-state index contributed by atoms with van der Waals surface area (Å²) in [4.78, 5) is 0. The first kappa shape index (κ1) is 11.8. The summed E-state index contributed by atoms with van der Waals surface area (Å²) in [7, 11) is 0. The van der Waals surface area contributed by atoms with Gasteiger partial charge in [0.1, 0.15) is 0 Å². The van der Waals surface area contributed by atoms with Gasteiger partial charge in [-0.15, -0.1) is 0 Å². The third-order valence-electron chi connectivity index (χ3n) is 1.91. The van der Waals surface area contributed by atoms with E-state index in [1.807, 2.05) is 0 Å². The molecule has 1 heteroatoms. The molecule has 0 saturated heterocycles. The van der Waals surface area contributed by atoms with Crippen molar-refractivity contribution in [3.8, 4) is 0 Å². The van der Waals surface area contributed by atoms with Gasteiger partial charge in [-0.3, -0.25) is 0 Å². The van der Waals surface area contributed by atoms with E-state index in [4.69, 9.17) is 0 Å². The number of rotatable bonds is 8. The first-order valence-corrected chi connectivity index (χ1v) is 9.16. The Labute approximate surface area is 82.4 Å². The van der Waals surface area contributed by atoms with Crippen LogP contribution in [-0.2, 0) is 0 Å². The molecule has 0 spiro atoms. The molecule has 0 unspecified atom stereocenters. The number of unbranched alkanes of at least 4 members (excludes halogenated alkanes) is 4. The van der Waals surface area contributed by atoms with Crippen molar-refractivity contribution in [1.82, 2.24) is 0 Å². The minimum atomic E-state index is 0.124. The predicted octanol–water partition coefficient (Wildman–Crippen LogP) is 3.91. The first-order chi connectivity index (χ1) is 5.41. The van der Waals surface area contributed by atoms with Gasteiger partial charge in [-0.2, -0.15) is 0 Å². The van der Waals surface area contributed by atoms with E-state index in [1.54, 1.807) is 8.87 Å². The third kappa shape index (κ3) is 10.8. The van der Waals surface area contributed by atoms with Gasteiger partial charge >= 0.3 is 82.4 Å². The molecule has 0 heterocycles. The van der Waals surface area contributed by atoms with Crippen LogP contribution in [0.4, 0.5) is 0 Å². The standard InChI is InChI=1S/2C5H11.Sn/c2*1-3-5-4-2;/h2*1,3-5H2,2H3;. The topological polar surface area (TPSA) is 0 Å². The monoisotopic (exact) mass is 262 g/mol. The Morgan fingerprint density at radius 3 is 1.55 bits per heavy atom. The first-order valence-electron chi connectivity index (χ1n) is 5.12. The van der Waals surface area contributed by atoms with E-state index in [0.29, 0.717) is 0 Å². The molecule has 0 amide bonds. The normalized spacial score (nSPS) is 10.4. The second-order valence-corrected chi connectivity index (χ2v) is 7.45. The zero-order valence-electron chi connectivity index (χ0n) is 8.16. The quantitative estimate of drug-likeness (QED) is 0.459. The zero-order valence-corrected chi connectivity index (χ0v) is 11.0. The van der Waals surface area contributed by atoms with Gasteiger partial charge in [0.25, 0.3) is 0 Å². The van der Waals surface area contributed by atoms with Crippen molar-refractivity contribution in [2.24, 2.45) is 0 Å². The van der Waals surface area contributed by atoms with Crippen molar-refractivity contribution in [1.29, 1.82) is 0 Å². The van der Waals surface area contributed by atoms with Crippen LogP contribution in [0.3, 0.4) is 0 Å². The zero-order chi connectivity index (χ0) is 8.36. The van der Waals surface area contributed by atoms with Gasteiger partial charge in [-0.25, -0.2) is 0 Å². The van der Waals surface area contributed by atoms with Gasteiger partial charge in [0, 0.05) is 0 Å². The van der Waals surface area contributed by atoms with Gasteiger partial charge < -0.3 is 0 Å². The third-order valence-corrected chi connectivity index (χ3v) is 5.95. The van der Waals surface area contributed by atoms with Crippen molar-refractivity contribution in [2.45, 2.75) is 61.2 Å². The van der Waals surface area contributed by atoms with Crippen LogP contribution in [0.2, 0.25) is 8.87 Å². The summed E-state index contributed by atoms with van der Waals surface area (Å²) in [5.74, 6) is 0. The Balaban J connectivity index is 2.69. The molecule has 0 rings (SSSR count). The van der Waals surface area contributed by atoms with Gasteiger partial charge in [-0.1, -0.05) is 0 Å². The van der Waals surface area contributed by atoms with E-state index >= 15 is 0 Å². The van der Waals surface area contributed by atoms with Crippen LogP contribution in [0.25, 0.3) is 0 Å². The molecule has 2 radical (unpaired) electrons. The molecule has 0 aromatic heterocycles. The van der Waals surface area contributed by atoms with E-state index in [-0.39, 0.29) is 21.1 Å². The summed E-state index contributed by atoms with van der Waals surface area (Å²) in [6.45, 7) is 4.59. The van der Waals surface area contributed by atoms with Crippen molar-refractivity contribution >= 4 is 21.1 Å². The Morgan fingerprint density at radius 2 is 1.18 bits per heavy atom. The van der Waals surface area contributed by atoms with Gasteiger partial charge in [-0.05, 0) is 0 Å². The Morgan fingerprint density at radius 1 is 0.727 bits per heavy atom. The van der Waals surface area contributed by atoms with Crippen molar-refractivity contribution < 1.29 is 0 Å². The molecule has 0 aromatic rings. The van der Waals surface area contributed by atoms with Crippen LogP contribution >= 0.6 is 0 Å². The van der Waals surface area contributed by atoms with Crippen molar-refractivity contribution in [2.75, 3.05) is 0 Å². The van der Waals surface area contributed by atoms with E-state index in [2.05, 4.69) is 13.8 Å². The SMILES string of the molecule is CCCC[CH2][Sn][CH2]CCCC. The second-order valence-electron chi connectivity index (χ2n) is 3.16. The molecular formula is C10H22Sn. The molecule has 0 fully saturated rings. The molecule has 0 aromatic carbocycles. The molecule has 0 bridgehead atoms. The Bertz CT molecular complexity index is 53.9. The van der Waals surface area contributed by atoms with Crippen LogP contribution in [0, 0.1) is 0 Å². The molecule has 0 saturated carbocycles. The van der Waals surface area contributed by atoms with Crippen molar-refractivity contribution in [3.05, 3.63) is 0 Å². The summed E-state index contributed by atoms with van der Waals surface area (Å²) < 4.78 is 3.28. The average Bonchev–Trinajstić information content (AvgIpc) is 2.03. The fraction of sp³-hybridized carbons (Fsp3) is 1.00. The molecule has 0 atom stereocenters. The maximum atomic E-state index is 2.29. The number of hydrogen-bond acceptors (Lipinski definition) is 0. The van der Waals surface area contributed by atoms with Crippen LogP contribution < -0.4 is 0 Å². The van der Waals surface area contributed by atoms with Gasteiger partial charge in [0.15, 0.2) is 0 Å². The Kier molecular flexibility index (Phi) is 11.6. The summed E-state index contributed by atoms with van der Waals surface area (Å²) >= 11 is 0.124. The molecule has 0 nitrogen and oxygen atoms in total. The Hall–Kier alpha value is 0.799. The molecule has 66 valence electrons. The fourth-order valence-corrected chi connectivity index (χ4v) is 4.69. The van der Waals surface area contributed by atoms with E-state index in [0.717, 1.165) is 0 Å². The predicted molar refractivity (Wildman–Crippen MR) is 54.4 cm³/mol. The minimum absolute atomic E-state index is 0.124. The summed E-state index contributed by atoms with van der Waals surface area (Å²) in [6, 6.07) is 0. The van der Waals surface area contributed by atoms with Crippen LogP contribution in [-0.4, -0.2) is 21.1 Å². The van der Waals surface area contributed by atoms with E-state index in [9.17, 15) is 0 Å². The summed E-state index contributed by atoms with van der Waals surface area (Å²) in [5.41, 5.74) is 0. The summed E-state index contributed by atoms with van der Waals surface area (Å²) in [5, 5.41) is 0. The van der Waals surface area contributed by atoms with E-state index < -0.39 is 0 Å². The van der Waals surface area contributed by atoms with Crippen LogP contribution in [0.15, 0.2) is 0 Å². The molecule has 0 aliphatic heterocycles. The van der Waals surface area contributed by atoms with Gasteiger partial charge in [0.05, 0.1) is 0 Å². The van der Waals surface area contributed by atoms with Crippen molar-refractivity contribution in [3.63, 3.8) is 0 Å². The van der Waals surface area contributed by atoms with E-state index in [1.165, 1.54) is 38.5 Å². The van der Waals surface area contributed by atoms with Crippen LogP contribution in [0.1, 0.15) is 52.4 Å². The van der Waals surface area contributed by atoms with Crippen LogP contribution in [0.5, 0.6) is 0 Å². The van der Waals surface area contributed by atoms with Gasteiger partial charge in [0.2, 0.25) is 0 Å². The molecule has 0 N–H and O–H groups in total. The average molecular weight is 261 g/mol. The maximum absolute atomic E-state index is 2.29. The fourth-order valence-electron chi connectivity index (χ4n) is 1.12. The molecule has 0 aliphatic carbocycles. The summed E-state index contributed by atoms with van der Waals surface area (Å²) in [6.07, 6.45) is 8.83. The second kappa shape index (κ2) is 10.8. The number of hydrogen-bond donors (Lipinski definition) is 0. The molecule has 11 heavy (non-hydrogen) atoms.